The average Bonchev–Trinajstić information content (AvgIpc) is 3.00. The maximum absolute atomic E-state index is 13.1. The number of likely N-dealkylation sites (tertiary alicyclic amines) is 1. The molecule has 1 aromatic carbocycles. The summed E-state index contributed by atoms with van der Waals surface area (Å²) in [6.07, 6.45) is 24.5. The van der Waals surface area contributed by atoms with Crippen LogP contribution in [-0.2, 0) is 11.3 Å². The summed E-state index contributed by atoms with van der Waals surface area (Å²) in [7, 11) is 0. The van der Waals surface area contributed by atoms with Crippen LogP contribution in [0, 0.1) is 5.92 Å². The molecule has 2 N–H and O–H groups in total. The van der Waals surface area contributed by atoms with Crippen molar-refractivity contribution in [2.75, 3.05) is 18.6 Å². The van der Waals surface area contributed by atoms with E-state index in [1.165, 1.54) is 62.5 Å². The Morgan fingerprint density at radius 1 is 1.05 bits per heavy atom. The molecule has 242 valence electrons. The fourth-order valence-electron chi connectivity index (χ4n) is 5.53. The van der Waals surface area contributed by atoms with Gasteiger partial charge in [0.15, 0.2) is 0 Å². The first-order valence-corrected chi connectivity index (χ1v) is 18.0. The van der Waals surface area contributed by atoms with Crippen molar-refractivity contribution in [2.24, 2.45) is 5.92 Å². The van der Waals surface area contributed by atoms with E-state index in [0.717, 1.165) is 31.0 Å². The van der Waals surface area contributed by atoms with Crippen LogP contribution in [0.15, 0.2) is 48.1 Å². The fourth-order valence-corrected chi connectivity index (χ4v) is 6.00. The summed E-state index contributed by atoms with van der Waals surface area (Å²) in [6, 6.07) is 5.62. The van der Waals surface area contributed by atoms with Crippen LogP contribution < -0.4 is 5.32 Å². The van der Waals surface area contributed by atoms with Crippen LogP contribution in [0.25, 0.3) is 6.08 Å². The van der Waals surface area contributed by atoms with Gasteiger partial charge in [0.2, 0.25) is 0 Å². The lowest BCUT2D eigenvalue weighted by atomic mass is 9.91. The number of hydrogen-bond donors (Lipinski definition) is 2. The van der Waals surface area contributed by atoms with Crippen LogP contribution in [0.3, 0.4) is 0 Å². The third-order valence-corrected chi connectivity index (χ3v) is 8.65. The second kappa shape index (κ2) is 23.1. The smallest absolute Gasteiger partial charge is 0.326 e. The lowest BCUT2D eigenvalue weighted by Gasteiger charge is -2.35. The zero-order valence-corrected chi connectivity index (χ0v) is 29.0. The first kappa shape index (κ1) is 38.7. The number of carbonyl (C=O) groups is 2. The van der Waals surface area contributed by atoms with Gasteiger partial charge in [-0.15, -0.1) is 0 Å². The molecule has 0 bridgehead atoms. The van der Waals surface area contributed by atoms with E-state index in [0.29, 0.717) is 23.8 Å². The van der Waals surface area contributed by atoms with Gasteiger partial charge in [0.25, 0.3) is 5.91 Å². The number of thioether (sulfide) groups is 1. The number of carboxylic acid groups (broad SMARTS) is 1. The molecule has 5 nitrogen and oxygen atoms in total. The number of carboxylic acids is 1. The number of nitrogens with zero attached hydrogens (tertiary/aromatic N) is 1. The Morgan fingerprint density at radius 2 is 1.74 bits per heavy atom. The Hall–Kier alpha value is -2.31. The fraction of sp³-hybridized carbons (Fsp3) is 0.622. The molecule has 2 aliphatic rings. The number of carbonyl (C=O) groups excluding carboxylic acids is 1. The summed E-state index contributed by atoms with van der Waals surface area (Å²) >= 11 is 1.57. The molecule has 2 atom stereocenters. The maximum atomic E-state index is 13.1. The molecule has 2 fully saturated rings. The molecule has 1 aliphatic carbocycles. The SMILES string of the molecule is CC.CC1CCCCC1.CCC1CCCCN1Cc1ccc(C(=O)NC(CCSC)C(=O)O)c(/C=C/C=C\C=C(C)C)c1. The van der Waals surface area contributed by atoms with Gasteiger partial charge in [-0.25, -0.2) is 4.79 Å². The predicted molar refractivity (Wildman–Crippen MR) is 188 cm³/mol. The number of amides is 1. The van der Waals surface area contributed by atoms with Gasteiger partial charge in [0, 0.05) is 18.2 Å². The minimum absolute atomic E-state index is 0.350. The van der Waals surface area contributed by atoms with Crippen molar-refractivity contribution in [3.8, 4) is 0 Å². The first-order chi connectivity index (χ1) is 20.7. The van der Waals surface area contributed by atoms with Crippen molar-refractivity contribution in [3.63, 3.8) is 0 Å². The van der Waals surface area contributed by atoms with Crippen LogP contribution in [-0.4, -0.2) is 52.5 Å². The monoisotopic (exact) mass is 612 g/mol. The highest BCUT2D eigenvalue weighted by atomic mass is 32.2. The standard InChI is InChI=1S/C28H40N2O3S.C7H14.C2H6/c1-5-24-13-9-10-17-30(24)20-22-14-15-25(23(19-22)12-8-6-7-11-21(2)3)27(31)29-26(28(32)33)16-18-34-4;1-7-5-3-2-4-6-7;1-2/h6-8,11-12,14-15,19,24,26H,5,9-10,13,16-18,20H2,1-4H3,(H,29,31)(H,32,33);7H,2-6H2,1H3;1-2H3/b7-6-,12-8+;;. The number of rotatable bonds is 12. The third kappa shape index (κ3) is 15.8. The lowest BCUT2D eigenvalue weighted by Crippen LogP contribution is -2.41. The largest absolute Gasteiger partial charge is 0.480 e. The van der Waals surface area contributed by atoms with E-state index in [1.54, 1.807) is 11.8 Å². The topological polar surface area (TPSA) is 69.6 Å². The van der Waals surface area contributed by atoms with Crippen LogP contribution in [0.1, 0.15) is 127 Å². The highest BCUT2D eigenvalue weighted by molar-refractivity contribution is 7.98. The van der Waals surface area contributed by atoms with Crippen molar-refractivity contribution in [3.05, 3.63) is 64.8 Å². The van der Waals surface area contributed by atoms with Crippen molar-refractivity contribution in [1.82, 2.24) is 10.2 Å². The average molecular weight is 613 g/mol. The van der Waals surface area contributed by atoms with E-state index < -0.39 is 12.0 Å². The summed E-state index contributed by atoms with van der Waals surface area (Å²) in [5, 5.41) is 12.2. The second-order valence-electron chi connectivity index (χ2n) is 11.8. The maximum Gasteiger partial charge on any atom is 0.326 e. The molecular formula is C37H60N2O3S. The Balaban J connectivity index is 0.000000883. The molecule has 0 aromatic heterocycles. The molecule has 1 saturated heterocycles. The summed E-state index contributed by atoms with van der Waals surface area (Å²) in [5.74, 6) is 0.356. The highest BCUT2D eigenvalue weighted by Crippen LogP contribution is 2.24. The molecule has 6 heteroatoms. The summed E-state index contributed by atoms with van der Waals surface area (Å²) in [5.41, 5.74) is 3.68. The van der Waals surface area contributed by atoms with Crippen molar-refractivity contribution >= 4 is 29.7 Å². The van der Waals surface area contributed by atoms with Gasteiger partial charge >= 0.3 is 5.97 Å². The number of hydrogen-bond acceptors (Lipinski definition) is 4. The summed E-state index contributed by atoms with van der Waals surface area (Å²) in [4.78, 5) is 27.2. The first-order valence-electron chi connectivity index (χ1n) is 16.6. The molecule has 1 aliphatic heterocycles. The van der Waals surface area contributed by atoms with Crippen LogP contribution in [0.5, 0.6) is 0 Å². The molecule has 0 radical (unpaired) electrons. The van der Waals surface area contributed by atoms with Gasteiger partial charge in [0.05, 0.1) is 0 Å². The zero-order valence-electron chi connectivity index (χ0n) is 28.2. The molecule has 1 amide bonds. The van der Waals surface area contributed by atoms with E-state index in [2.05, 4.69) is 30.1 Å². The van der Waals surface area contributed by atoms with Gasteiger partial charge < -0.3 is 10.4 Å². The van der Waals surface area contributed by atoms with Crippen LogP contribution in [0.2, 0.25) is 0 Å². The molecule has 1 aromatic rings. The van der Waals surface area contributed by atoms with E-state index >= 15 is 0 Å². The van der Waals surface area contributed by atoms with E-state index in [-0.39, 0.29) is 5.91 Å². The molecule has 1 saturated carbocycles. The van der Waals surface area contributed by atoms with Crippen molar-refractivity contribution < 1.29 is 14.7 Å². The third-order valence-electron chi connectivity index (χ3n) is 8.00. The Kier molecular flexibility index (Phi) is 20.8. The Labute approximate surface area is 267 Å². The molecular weight excluding hydrogens is 552 g/mol. The number of benzene rings is 1. The van der Waals surface area contributed by atoms with Gasteiger partial charge in [-0.1, -0.05) is 108 Å². The van der Waals surface area contributed by atoms with E-state index in [9.17, 15) is 14.7 Å². The highest BCUT2D eigenvalue weighted by Gasteiger charge is 2.23. The summed E-state index contributed by atoms with van der Waals surface area (Å²) < 4.78 is 0. The van der Waals surface area contributed by atoms with Crippen LogP contribution >= 0.6 is 11.8 Å². The van der Waals surface area contributed by atoms with Gasteiger partial charge in [-0.3, -0.25) is 9.69 Å². The molecule has 2 unspecified atom stereocenters. The minimum Gasteiger partial charge on any atom is -0.480 e. The van der Waals surface area contributed by atoms with Gasteiger partial charge in [-0.2, -0.15) is 11.8 Å². The number of nitrogens with one attached hydrogen (secondary N) is 1. The lowest BCUT2D eigenvalue weighted by molar-refractivity contribution is -0.139. The summed E-state index contributed by atoms with van der Waals surface area (Å²) in [6.45, 7) is 14.7. The van der Waals surface area contributed by atoms with E-state index in [4.69, 9.17) is 0 Å². The van der Waals surface area contributed by atoms with Crippen LogP contribution in [0.4, 0.5) is 0 Å². The van der Waals surface area contributed by atoms with Crippen molar-refractivity contribution in [1.29, 1.82) is 0 Å². The van der Waals surface area contributed by atoms with Gasteiger partial charge in [-0.05, 0) is 87.3 Å². The quantitative estimate of drug-likeness (QED) is 0.230. The van der Waals surface area contributed by atoms with E-state index in [1.807, 2.05) is 76.5 Å². The van der Waals surface area contributed by atoms with Crippen molar-refractivity contribution in [2.45, 2.75) is 124 Å². The predicted octanol–water partition coefficient (Wildman–Crippen LogP) is 9.54. The van der Waals surface area contributed by atoms with Gasteiger partial charge in [0.1, 0.15) is 6.04 Å². The molecule has 3 rings (SSSR count). The Bertz CT molecular complexity index is 1020. The molecule has 1 heterocycles. The minimum atomic E-state index is -1.00. The zero-order chi connectivity index (χ0) is 32.0. The Morgan fingerprint density at radius 3 is 2.33 bits per heavy atom. The normalized spacial score (nSPS) is 18.3. The number of allylic oxidation sites excluding steroid dienone is 5. The second-order valence-corrected chi connectivity index (χ2v) is 12.8. The molecule has 43 heavy (non-hydrogen) atoms. The number of piperidine rings is 1. The number of aliphatic carboxylic acids is 1. The molecule has 0 spiro atoms.